The van der Waals surface area contributed by atoms with Crippen molar-refractivity contribution in [1.82, 2.24) is 0 Å². The van der Waals surface area contributed by atoms with Crippen LogP contribution in [0.1, 0.15) is 162 Å². The van der Waals surface area contributed by atoms with E-state index in [0.717, 1.165) is 51.4 Å². The van der Waals surface area contributed by atoms with Gasteiger partial charge in [-0.15, -0.1) is 0 Å². The highest BCUT2D eigenvalue weighted by Gasteiger charge is 2.22. The summed E-state index contributed by atoms with van der Waals surface area (Å²) in [6.45, 7) is 3.83. The first kappa shape index (κ1) is 56.4. The Labute approximate surface area is 360 Å². The van der Waals surface area contributed by atoms with Gasteiger partial charge in [-0.05, 0) is 44.9 Å². The second-order valence-electron chi connectivity index (χ2n) is 16.2. The predicted molar refractivity (Wildman–Crippen MR) is 242 cm³/mol. The first-order valence-corrected chi connectivity index (χ1v) is 24.2. The molecule has 1 N–H and O–H groups in total. The van der Waals surface area contributed by atoms with E-state index in [1.807, 2.05) is 33.3 Å². The first-order chi connectivity index (χ1) is 28.4. The molecule has 10 nitrogen and oxygen atoms in total. The maximum absolute atomic E-state index is 12.7. The first-order valence-electron chi connectivity index (χ1n) is 22.8. The highest BCUT2D eigenvalue weighted by molar-refractivity contribution is 7.45. The predicted octanol–water partition coefficient (Wildman–Crippen LogP) is 11.4. The third-order valence-corrected chi connectivity index (χ3v) is 10.3. The van der Waals surface area contributed by atoms with Crippen molar-refractivity contribution in [2.45, 2.75) is 174 Å². The molecule has 0 aliphatic rings. The normalized spacial score (nSPS) is 14.8. The van der Waals surface area contributed by atoms with Gasteiger partial charge in [-0.1, -0.05) is 177 Å². The molecule has 3 atom stereocenters. The van der Waals surface area contributed by atoms with Gasteiger partial charge < -0.3 is 33.0 Å². The fraction of sp³-hybridized carbons (Fsp3) is 0.708. The average molecular weight is 850 g/mol. The van der Waals surface area contributed by atoms with E-state index < -0.39 is 38.6 Å². The van der Waals surface area contributed by atoms with E-state index in [4.69, 9.17) is 18.5 Å². The number of aliphatic hydroxyl groups excluding tert-OH is 1. The molecule has 0 bridgehead atoms. The maximum Gasteiger partial charge on any atom is 0.306 e. The summed E-state index contributed by atoms with van der Waals surface area (Å²) in [4.78, 5) is 37.6. The third-order valence-electron chi connectivity index (χ3n) is 9.36. The molecule has 340 valence electrons. The van der Waals surface area contributed by atoms with Crippen molar-refractivity contribution < 1.29 is 47.2 Å². The van der Waals surface area contributed by atoms with Gasteiger partial charge in [0.05, 0.1) is 33.9 Å². The van der Waals surface area contributed by atoms with Crippen LogP contribution in [0, 0.1) is 0 Å². The van der Waals surface area contributed by atoms with Crippen LogP contribution in [-0.2, 0) is 32.7 Å². The average Bonchev–Trinajstić information content (AvgIpc) is 3.18. The van der Waals surface area contributed by atoms with Crippen LogP contribution in [0.2, 0.25) is 0 Å². The van der Waals surface area contributed by atoms with Gasteiger partial charge in [-0.3, -0.25) is 14.2 Å². The standard InChI is InChI=1S/C48H84NO9P/c1-6-8-10-12-14-16-18-20-22-24-25-27-29-31-33-35-37-45(50)39-40-47(51)55-43-46(44-57-59(53,54)56-42-41-49(3,4)5)58-48(52)38-36-34-32-30-28-26-23-21-19-17-15-13-11-9-7-2/h8,10,14,16,20,22,25,27,31,33,35,37,45-46,50H,6-7,9,11-13,15,17-19,21,23-24,26,28-30,32,34,36,38-44H2,1-5H3/b10-8-,16-14-,22-20-,27-25-,33-31-,37-35-/t45?,46-/m1/s1. The zero-order valence-electron chi connectivity index (χ0n) is 37.8. The number of hydrogen-bond acceptors (Lipinski definition) is 9. The molecule has 0 rings (SSSR count). The zero-order chi connectivity index (χ0) is 43.7. The fourth-order valence-corrected chi connectivity index (χ4v) is 6.49. The fourth-order valence-electron chi connectivity index (χ4n) is 5.76. The van der Waals surface area contributed by atoms with Crippen molar-refractivity contribution in [1.29, 1.82) is 0 Å². The Morgan fingerprint density at radius 2 is 1.12 bits per heavy atom. The van der Waals surface area contributed by atoms with Crippen LogP contribution >= 0.6 is 7.82 Å². The Morgan fingerprint density at radius 1 is 0.627 bits per heavy atom. The molecule has 0 aromatic rings. The van der Waals surface area contributed by atoms with Gasteiger partial charge in [-0.25, -0.2) is 0 Å². The van der Waals surface area contributed by atoms with Crippen molar-refractivity contribution in [3.05, 3.63) is 72.9 Å². The molecule has 0 fully saturated rings. The molecule has 0 radical (unpaired) electrons. The largest absolute Gasteiger partial charge is 0.756 e. The van der Waals surface area contributed by atoms with Gasteiger partial charge in [0, 0.05) is 12.8 Å². The number of carbonyl (C=O) groups excluding carboxylic acids is 2. The quantitative estimate of drug-likeness (QED) is 0.0160. The summed E-state index contributed by atoms with van der Waals surface area (Å²) in [5, 5.41) is 10.3. The Bertz CT molecular complexity index is 1250. The van der Waals surface area contributed by atoms with Crippen LogP contribution in [0.4, 0.5) is 0 Å². The molecule has 0 aliphatic carbocycles. The Balaban J connectivity index is 4.57. The van der Waals surface area contributed by atoms with Crippen molar-refractivity contribution in [3.63, 3.8) is 0 Å². The number of phosphoric ester groups is 1. The van der Waals surface area contributed by atoms with Crippen molar-refractivity contribution in [3.8, 4) is 0 Å². The molecule has 0 spiro atoms. The lowest BCUT2D eigenvalue weighted by molar-refractivity contribution is -0.870. The molecule has 0 amide bonds. The summed E-state index contributed by atoms with van der Waals surface area (Å²) in [5.74, 6) is -1.12. The van der Waals surface area contributed by atoms with Crippen LogP contribution < -0.4 is 4.89 Å². The van der Waals surface area contributed by atoms with E-state index >= 15 is 0 Å². The molecule has 0 aromatic heterocycles. The maximum atomic E-state index is 12.7. The molecule has 0 saturated carbocycles. The minimum absolute atomic E-state index is 0.0687. The molecule has 59 heavy (non-hydrogen) atoms. The molecule has 0 aromatic carbocycles. The molecule has 11 heteroatoms. The lowest BCUT2D eigenvalue weighted by atomic mass is 10.0. The van der Waals surface area contributed by atoms with E-state index in [1.165, 1.54) is 70.6 Å². The number of phosphoric acid groups is 1. The van der Waals surface area contributed by atoms with Gasteiger partial charge in [-0.2, -0.15) is 0 Å². The number of aliphatic hydroxyl groups is 1. The monoisotopic (exact) mass is 850 g/mol. The van der Waals surface area contributed by atoms with Crippen molar-refractivity contribution in [2.75, 3.05) is 47.5 Å². The minimum atomic E-state index is -4.68. The van der Waals surface area contributed by atoms with Gasteiger partial charge in [0.2, 0.25) is 0 Å². The van der Waals surface area contributed by atoms with Crippen molar-refractivity contribution >= 4 is 19.8 Å². The summed E-state index contributed by atoms with van der Waals surface area (Å²) >= 11 is 0. The second-order valence-corrected chi connectivity index (χ2v) is 17.7. The number of hydrogen-bond donors (Lipinski definition) is 1. The highest BCUT2D eigenvalue weighted by atomic mass is 31.2. The number of ether oxygens (including phenoxy) is 2. The summed E-state index contributed by atoms with van der Waals surface area (Å²) in [7, 11) is 1.04. The second kappa shape index (κ2) is 39.5. The number of esters is 2. The highest BCUT2D eigenvalue weighted by Crippen LogP contribution is 2.38. The third kappa shape index (κ3) is 43.3. The SMILES string of the molecule is CC/C=C\C/C=C\C/C=C\C/C=C\C/C=C\C=C/C(O)CCC(=O)OC[C@H](COP(=O)([O-])OCC[N+](C)(C)C)OC(=O)CCCCCCCCCCCCCCCCC. The summed E-state index contributed by atoms with van der Waals surface area (Å²) < 4.78 is 33.7. The summed E-state index contributed by atoms with van der Waals surface area (Å²) in [6, 6.07) is 0. The summed E-state index contributed by atoms with van der Waals surface area (Å²) in [6.07, 6.45) is 45.5. The van der Waals surface area contributed by atoms with Gasteiger partial charge >= 0.3 is 11.9 Å². The molecule has 0 saturated heterocycles. The van der Waals surface area contributed by atoms with Crippen LogP contribution in [0.15, 0.2) is 72.9 Å². The van der Waals surface area contributed by atoms with Crippen LogP contribution in [0.25, 0.3) is 0 Å². The molecule has 0 heterocycles. The van der Waals surface area contributed by atoms with E-state index in [-0.39, 0.29) is 32.5 Å². The topological polar surface area (TPSA) is 131 Å². The van der Waals surface area contributed by atoms with Crippen LogP contribution in [0.5, 0.6) is 0 Å². The lowest BCUT2D eigenvalue weighted by Crippen LogP contribution is -2.37. The molecular weight excluding hydrogens is 765 g/mol. The number of likely N-dealkylation sites (N-methyl/N-ethyl adjacent to an activating group) is 1. The zero-order valence-corrected chi connectivity index (χ0v) is 38.7. The van der Waals surface area contributed by atoms with Crippen molar-refractivity contribution in [2.24, 2.45) is 0 Å². The van der Waals surface area contributed by atoms with E-state index in [0.29, 0.717) is 17.4 Å². The Morgan fingerprint density at radius 3 is 1.63 bits per heavy atom. The minimum Gasteiger partial charge on any atom is -0.756 e. The molecule has 0 aliphatic heterocycles. The lowest BCUT2D eigenvalue weighted by Gasteiger charge is -2.28. The number of rotatable bonds is 40. The number of carbonyl (C=O) groups is 2. The van der Waals surface area contributed by atoms with Gasteiger partial charge in [0.15, 0.2) is 6.10 Å². The number of allylic oxidation sites excluding steroid dienone is 11. The number of unbranched alkanes of at least 4 members (excludes halogenated alkanes) is 14. The smallest absolute Gasteiger partial charge is 0.306 e. The van der Waals surface area contributed by atoms with E-state index in [9.17, 15) is 24.2 Å². The Hall–Kier alpha value is -2.59. The van der Waals surface area contributed by atoms with Crippen LogP contribution in [0.3, 0.4) is 0 Å². The summed E-state index contributed by atoms with van der Waals surface area (Å²) in [5.41, 5.74) is 0. The van der Waals surface area contributed by atoms with Gasteiger partial charge in [0.25, 0.3) is 7.82 Å². The van der Waals surface area contributed by atoms with Crippen LogP contribution in [-0.4, -0.2) is 81.2 Å². The van der Waals surface area contributed by atoms with Gasteiger partial charge in [0.1, 0.15) is 19.8 Å². The van der Waals surface area contributed by atoms with E-state index in [1.54, 1.807) is 12.2 Å². The molecule has 2 unspecified atom stereocenters. The number of nitrogens with zero attached hydrogens (tertiary/aromatic N) is 1. The van der Waals surface area contributed by atoms with E-state index in [2.05, 4.69) is 62.5 Å². The molecular formula is C48H84NO9P. The number of quaternary nitrogens is 1. The Kier molecular flexibility index (Phi) is 37.8.